The van der Waals surface area contributed by atoms with Gasteiger partial charge in [0, 0.05) is 41.7 Å². The summed E-state index contributed by atoms with van der Waals surface area (Å²) in [5.41, 5.74) is 6.01. The Bertz CT molecular complexity index is 1400. The van der Waals surface area contributed by atoms with Crippen molar-refractivity contribution in [2.24, 2.45) is 4.99 Å². The highest BCUT2D eigenvalue weighted by atomic mass is 16.3. The average Bonchev–Trinajstić information content (AvgIpc) is 2.80. The summed E-state index contributed by atoms with van der Waals surface area (Å²) in [5.74, 6) is 0.760. The van der Waals surface area contributed by atoms with Gasteiger partial charge in [0.05, 0.1) is 5.36 Å². The van der Waals surface area contributed by atoms with Gasteiger partial charge in [-0.1, -0.05) is 54.6 Å². The van der Waals surface area contributed by atoms with E-state index in [9.17, 15) is 0 Å². The first-order valence-electron chi connectivity index (χ1n) is 10.8. The monoisotopic (exact) mass is 407 g/mol. The third-order valence-electron chi connectivity index (χ3n) is 5.61. The molecular weight excluding hydrogens is 382 g/mol. The summed E-state index contributed by atoms with van der Waals surface area (Å²) in [6.45, 7) is 5.70. The van der Waals surface area contributed by atoms with Crippen molar-refractivity contribution in [1.29, 1.82) is 0 Å². The van der Waals surface area contributed by atoms with Crippen molar-refractivity contribution >= 4 is 27.6 Å². The maximum Gasteiger partial charge on any atom is 0.155 e. The number of hydrogen-bond acceptors (Lipinski definition) is 4. The molecule has 2 aliphatic rings. The molecule has 3 aromatic carbocycles. The van der Waals surface area contributed by atoms with Gasteiger partial charge in [0.25, 0.3) is 0 Å². The second-order valence-electron chi connectivity index (χ2n) is 7.77. The predicted molar refractivity (Wildman–Crippen MR) is 128 cm³/mol. The Morgan fingerprint density at radius 2 is 1.71 bits per heavy atom. The van der Waals surface area contributed by atoms with Crippen molar-refractivity contribution in [3.63, 3.8) is 0 Å². The van der Waals surface area contributed by atoms with E-state index in [4.69, 9.17) is 9.40 Å². The Balaban J connectivity index is 1.62. The van der Waals surface area contributed by atoms with Crippen LogP contribution >= 0.6 is 0 Å². The molecule has 1 aliphatic carbocycles. The first-order chi connectivity index (χ1) is 15.2. The van der Waals surface area contributed by atoms with Gasteiger partial charge in [0.2, 0.25) is 0 Å². The summed E-state index contributed by atoms with van der Waals surface area (Å²) < 4.78 is 6.34. The second kappa shape index (κ2) is 8.23. The van der Waals surface area contributed by atoms with E-state index in [1.807, 2.05) is 19.1 Å². The van der Waals surface area contributed by atoms with Crippen molar-refractivity contribution in [2.45, 2.75) is 20.3 Å². The number of benzene rings is 4. The number of nitrogens with one attached hydrogen (secondary N) is 1. The van der Waals surface area contributed by atoms with Gasteiger partial charge in [0.15, 0.2) is 11.3 Å². The molecule has 31 heavy (non-hydrogen) atoms. The second-order valence-corrected chi connectivity index (χ2v) is 7.77. The zero-order valence-electron chi connectivity index (χ0n) is 17.9. The van der Waals surface area contributed by atoms with Gasteiger partial charge in [-0.2, -0.15) is 0 Å². The minimum absolute atomic E-state index is 0.744. The van der Waals surface area contributed by atoms with E-state index in [1.54, 1.807) is 0 Å². The highest BCUT2D eigenvalue weighted by molar-refractivity contribution is 6.10. The number of aryl methyl sites for hydroxylation is 1. The van der Waals surface area contributed by atoms with E-state index < -0.39 is 0 Å². The van der Waals surface area contributed by atoms with Crippen LogP contribution in [-0.4, -0.2) is 18.1 Å². The van der Waals surface area contributed by atoms with E-state index >= 15 is 0 Å². The molecule has 3 aromatic rings. The quantitative estimate of drug-likeness (QED) is 0.288. The van der Waals surface area contributed by atoms with Crippen LogP contribution in [0, 0.1) is 6.92 Å². The molecule has 0 unspecified atom stereocenters. The summed E-state index contributed by atoms with van der Waals surface area (Å²) in [6, 6.07) is 25.0. The van der Waals surface area contributed by atoms with Crippen molar-refractivity contribution < 1.29 is 4.42 Å². The Morgan fingerprint density at radius 3 is 2.52 bits per heavy atom. The molecule has 4 heteroatoms. The third kappa shape index (κ3) is 3.77. The lowest BCUT2D eigenvalue weighted by Gasteiger charge is -2.14. The van der Waals surface area contributed by atoms with Crippen LogP contribution in [0.15, 0.2) is 82.2 Å². The van der Waals surface area contributed by atoms with Gasteiger partial charge in [0.1, 0.15) is 11.2 Å². The number of fused-ring (bicyclic) bond motifs is 4. The number of nitrogens with zero attached hydrogens (tertiary/aromatic N) is 2. The van der Waals surface area contributed by atoms with Crippen LogP contribution in [0.3, 0.4) is 0 Å². The minimum atomic E-state index is 0.744. The maximum absolute atomic E-state index is 6.34. The fourth-order valence-corrected chi connectivity index (χ4v) is 4.07. The van der Waals surface area contributed by atoms with E-state index in [0.29, 0.717) is 0 Å². The molecule has 1 aliphatic heterocycles. The van der Waals surface area contributed by atoms with Crippen molar-refractivity contribution in [3.8, 4) is 11.5 Å². The maximum atomic E-state index is 6.34. The zero-order valence-corrected chi connectivity index (χ0v) is 17.9. The average molecular weight is 408 g/mol. The molecule has 0 atom stereocenters. The Hall–Kier alpha value is -3.66. The highest BCUT2D eigenvalue weighted by Crippen LogP contribution is 2.34. The topological polar surface area (TPSA) is 50.4 Å². The molecule has 5 rings (SSSR count). The standard InChI is InChI=1S/C27H25N3O/c1-3-28-22-16-25-24(15-18(22)2)30-27-21-12-8-7-11-20(21)23(17-26(27)31-25)29-14-13-19-9-5-4-6-10-19/h4-12,15-17,29H,3,13-14H2,1-2H3. The molecule has 0 bridgehead atoms. The van der Waals surface area contributed by atoms with Crippen LogP contribution in [0.1, 0.15) is 18.1 Å². The Kier molecular flexibility index (Phi) is 5.13. The molecule has 154 valence electrons. The number of anilines is 1. The lowest BCUT2D eigenvalue weighted by molar-refractivity contribution is 0.612. The van der Waals surface area contributed by atoms with Gasteiger partial charge < -0.3 is 9.73 Å². The fraction of sp³-hybridized carbons (Fsp3) is 0.185. The molecular formula is C27H25N3O. The van der Waals surface area contributed by atoms with Crippen LogP contribution in [0.25, 0.3) is 33.3 Å². The van der Waals surface area contributed by atoms with Gasteiger partial charge in [-0.25, -0.2) is 4.98 Å². The van der Waals surface area contributed by atoms with Gasteiger partial charge in [-0.3, -0.25) is 4.99 Å². The largest absolute Gasteiger partial charge is 0.453 e. The molecule has 0 radical (unpaired) electrons. The summed E-state index contributed by atoms with van der Waals surface area (Å²) in [4.78, 5) is 9.55. The van der Waals surface area contributed by atoms with Crippen molar-refractivity contribution in [3.05, 3.63) is 89.3 Å². The zero-order chi connectivity index (χ0) is 21.2. The Labute approximate surface area is 181 Å². The van der Waals surface area contributed by atoms with E-state index in [-0.39, 0.29) is 0 Å². The van der Waals surface area contributed by atoms with Crippen molar-refractivity contribution in [2.75, 3.05) is 18.4 Å². The minimum Gasteiger partial charge on any atom is -0.453 e. The highest BCUT2D eigenvalue weighted by Gasteiger charge is 2.14. The lowest BCUT2D eigenvalue weighted by Crippen LogP contribution is -2.09. The summed E-state index contributed by atoms with van der Waals surface area (Å²) in [6.07, 6.45) is 0.960. The smallest absolute Gasteiger partial charge is 0.155 e. The number of rotatable bonds is 5. The van der Waals surface area contributed by atoms with Crippen LogP contribution in [0.5, 0.6) is 0 Å². The Morgan fingerprint density at radius 1 is 0.935 bits per heavy atom. The van der Waals surface area contributed by atoms with Crippen molar-refractivity contribution in [1.82, 2.24) is 4.98 Å². The van der Waals surface area contributed by atoms with Gasteiger partial charge in [-0.05, 0) is 37.5 Å². The third-order valence-corrected chi connectivity index (χ3v) is 5.61. The first-order valence-corrected chi connectivity index (χ1v) is 10.8. The van der Waals surface area contributed by atoms with E-state index in [0.717, 1.165) is 69.4 Å². The molecule has 0 spiro atoms. The molecule has 1 heterocycles. The number of aromatic nitrogens is 1. The normalized spacial score (nSPS) is 12.1. The van der Waals surface area contributed by atoms with Crippen LogP contribution in [-0.2, 0) is 6.42 Å². The van der Waals surface area contributed by atoms with Crippen LogP contribution in [0.2, 0.25) is 0 Å². The molecule has 4 nitrogen and oxygen atoms in total. The lowest BCUT2D eigenvalue weighted by atomic mass is 10.1. The SMILES string of the molecule is CCN=c1cc2oc3cc(NCCc4ccccc4)c4ccccc4c3nc-2cc1C. The molecule has 1 N–H and O–H groups in total. The van der Waals surface area contributed by atoms with Gasteiger partial charge in [-0.15, -0.1) is 0 Å². The fourth-order valence-electron chi connectivity index (χ4n) is 4.07. The molecule has 0 amide bonds. The summed E-state index contributed by atoms with van der Waals surface area (Å²) in [5, 5.41) is 6.81. The van der Waals surface area contributed by atoms with Crippen LogP contribution < -0.4 is 10.7 Å². The van der Waals surface area contributed by atoms with E-state index in [1.165, 1.54) is 5.56 Å². The summed E-state index contributed by atoms with van der Waals surface area (Å²) >= 11 is 0. The molecule has 0 saturated carbocycles. The predicted octanol–water partition coefficient (Wildman–Crippen LogP) is 5.97. The van der Waals surface area contributed by atoms with Gasteiger partial charge >= 0.3 is 0 Å². The molecule has 0 aromatic heterocycles. The van der Waals surface area contributed by atoms with Crippen LogP contribution in [0.4, 0.5) is 5.69 Å². The first kappa shape index (κ1) is 19.3. The number of hydrogen-bond donors (Lipinski definition) is 1. The molecule has 0 fully saturated rings. The summed E-state index contributed by atoms with van der Waals surface area (Å²) in [7, 11) is 0. The van der Waals surface area contributed by atoms with E-state index in [2.05, 4.69) is 77.9 Å². The molecule has 0 saturated heterocycles.